The molecule has 1 amide bonds. The quantitative estimate of drug-likeness (QED) is 0.604. The molecule has 0 aliphatic heterocycles. The number of carbonyl (C=O) groups excluding carboxylic acids is 1. The first-order chi connectivity index (χ1) is 9.06. The maximum absolute atomic E-state index is 12.7. The van der Waals surface area contributed by atoms with E-state index in [4.69, 9.17) is 0 Å². The third kappa shape index (κ3) is 3.95. The van der Waals surface area contributed by atoms with Gasteiger partial charge in [-0.3, -0.25) is 4.79 Å². The van der Waals surface area contributed by atoms with Gasteiger partial charge in [-0.25, -0.2) is 9.82 Å². The van der Waals surface area contributed by atoms with Gasteiger partial charge in [0.25, 0.3) is 5.91 Å². The fourth-order valence-corrected chi connectivity index (χ4v) is 3.21. The number of nitrogens with one attached hydrogen (secondary N) is 1. The molecule has 98 valence electrons. The molecule has 0 fully saturated rings. The number of rotatable bonds is 3. The smallest absolute Gasteiger partial charge is 0.267 e. The number of halogens is 3. The van der Waals surface area contributed by atoms with E-state index in [1.807, 2.05) is 6.07 Å². The van der Waals surface area contributed by atoms with Gasteiger partial charge < -0.3 is 0 Å². The molecule has 19 heavy (non-hydrogen) atoms. The summed E-state index contributed by atoms with van der Waals surface area (Å²) in [6.07, 6.45) is 1.54. The lowest BCUT2D eigenvalue weighted by Gasteiger charge is -1.98. The molecular weight excluding hydrogens is 399 g/mol. The fourth-order valence-electron chi connectivity index (χ4n) is 1.25. The Kier molecular flexibility index (Phi) is 4.84. The monoisotopic (exact) mass is 404 g/mol. The Bertz CT molecular complexity index is 606. The molecule has 0 unspecified atom stereocenters. The Hall–Kier alpha value is -1.05. The number of benzene rings is 1. The Labute approximate surface area is 129 Å². The van der Waals surface area contributed by atoms with Gasteiger partial charge in [0.05, 0.1) is 10.0 Å². The lowest BCUT2D eigenvalue weighted by Crippen LogP contribution is -2.17. The summed E-state index contributed by atoms with van der Waals surface area (Å²) in [7, 11) is 0. The molecule has 1 N–H and O–H groups in total. The zero-order chi connectivity index (χ0) is 13.8. The van der Waals surface area contributed by atoms with Crippen LogP contribution in [-0.2, 0) is 0 Å². The van der Waals surface area contributed by atoms with Gasteiger partial charge in [-0.1, -0.05) is 0 Å². The number of hydrogen-bond acceptors (Lipinski definition) is 3. The minimum atomic E-state index is -0.383. The van der Waals surface area contributed by atoms with Gasteiger partial charge >= 0.3 is 0 Å². The third-order valence-corrected chi connectivity index (χ3v) is 5.32. The second-order valence-electron chi connectivity index (χ2n) is 3.48. The summed E-state index contributed by atoms with van der Waals surface area (Å²) >= 11 is 8.21. The molecular formula is C12H7Br2FN2OS. The molecule has 1 heterocycles. The van der Waals surface area contributed by atoms with E-state index in [-0.39, 0.29) is 11.7 Å². The molecule has 1 aromatic carbocycles. The van der Waals surface area contributed by atoms with Gasteiger partial charge in [0.2, 0.25) is 0 Å². The summed E-state index contributed by atoms with van der Waals surface area (Å²) in [5.74, 6) is -0.765. The molecule has 0 radical (unpaired) electrons. The van der Waals surface area contributed by atoms with Crippen LogP contribution in [0.1, 0.15) is 15.2 Å². The first-order valence-electron chi connectivity index (χ1n) is 5.10. The second kappa shape index (κ2) is 6.40. The van der Waals surface area contributed by atoms with Crippen molar-refractivity contribution in [3.8, 4) is 0 Å². The van der Waals surface area contributed by atoms with Crippen LogP contribution in [0.15, 0.2) is 43.7 Å². The van der Waals surface area contributed by atoms with E-state index in [9.17, 15) is 9.18 Å². The minimum Gasteiger partial charge on any atom is -0.267 e. The number of hydrogen-bond donors (Lipinski definition) is 1. The topological polar surface area (TPSA) is 41.5 Å². The average molecular weight is 406 g/mol. The van der Waals surface area contributed by atoms with Crippen molar-refractivity contribution in [2.45, 2.75) is 0 Å². The highest BCUT2D eigenvalue weighted by Crippen LogP contribution is 2.31. The molecule has 0 bridgehead atoms. The van der Waals surface area contributed by atoms with Crippen LogP contribution in [0.25, 0.3) is 0 Å². The average Bonchev–Trinajstić information content (AvgIpc) is 2.69. The van der Waals surface area contributed by atoms with Crippen LogP contribution >= 0.6 is 43.2 Å². The zero-order valence-corrected chi connectivity index (χ0v) is 13.4. The predicted octanol–water partition coefficient (Wildman–Crippen LogP) is 4.18. The summed E-state index contributed by atoms with van der Waals surface area (Å²) in [4.78, 5) is 12.5. The molecule has 0 saturated heterocycles. The van der Waals surface area contributed by atoms with Gasteiger partial charge in [0.15, 0.2) is 0 Å². The van der Waals surface area contributed by atoms with Crippen LogP contribution in [0.2, 0.25) is 0 Å². The summed E-state index contributed by atoms with van der Waals surface area (Å²) in [6.45, 7) is 0. The predicted molar refractivity (Wildman–Crippen MR) is 81.2 cm³/mol. The third-order valence-electron chi connectivity index (χ3n) is 2.13. The van der Waals surface area contributed by atoms with Crippen molar-refractivity contribution in [1.29, 1.82) is 0 Å². The van der Waals surface area contributed by atoms with Gasteiger partial charge in [0, 0.05) is 14.9 Å². The standard InChI is InChI=1S/C12H7Br2FN2OS/c13-10-5-9(19-11(10)14)6-16-17-12(18)7-1-3-8(15)4-2-7/h1-6H,(H,17,18)/b16-6-. The van der Waals surface area contributed by atoms with Crippen molar-refractivity contribution in [2.75, 3.05) is 0 Å². The van der Waals surface area contributed by atoms with Gasteiger partial charge in [-0.2, -0.15) is 5.10 Å². The molecule has 0 aliphatic carbocycles. The highest BCUT2D eigenvalue weighted by Gasteiger charge is 2.04. The fraction of sp³-hybridized carbons (Fsp3) is 0. The van der Waals surface area contributed by atoms with E-state index < -0.39 is 0 Å². The van der Waals surface area contributed by atoms with E-state index in [1.54, 1.807) is 6.21 Å². The molecule has 0 saturated carbocycles. The normalized spacial score (nSPS) is 10.9. The van der Waals surface area contributed by atoms with Crippen LogP contribution in [0, 0.1) is 5.82 Å². The maximum atomic E-state index is 12.7. The summed E-state index contributed by atoms with van der Waals surface area (Å²) < 4.78 is 14.6. The minimum absolute atomic E-state index is 0.354. The molecule has 0 atom stereocenters. The number of thiophene rings is 1. The number of amides is 1. The summed E-state index contributed by atoms with van der Waals surface area (Å²) in [6, 6.07) is 7.14. The number of nitrogens with zero attached hydrogens (tertiary/aromatic N) is 1. The zero-order valence-electron chi connectivity index (χ0n) is 9.36. The van der Waals surface area contributed by atoms with Crippen molar-refractivity contribution in [2.24, 2.45) is 5.10 Å². The molecule has 1 aromatic heterocycles. The largest absolute Gasteiger partial charge is 0.271 e. The van der Waals surface area contributed by atoms with Crippen LogP contribution < -0.4 is 5.43 Å². The Balaban J connectivity index is 1.98. The second-order valence-corrected chi connectivity index (χ2v) is 6.73. The van der Waals surface area contributed by atoms with Crippen LogP contribution in [0.4, 0.5) is 4.39 Å². The van der Waals surface area contributed by atoms with E-state index in [1.165, 1.54) is 35.6 Å². The van der Waals surface area contributed by atoms with Crippen molar-refractivity contribution in [1.82, 2.24) is 5.43 Å². The lowest BCUT2D eigenvalue weighted by atomic mass is 10.2. The van der Waals surface area contributed by atoms with Crippen LogP contribution in [0.3, 0.4) is 0 Å². The van der Waals surface area contributed by atoms with Crippen molar-refractivity contribution in [3.63, 3.8) is 0 Å². The van der Waals surface area contributed by atoms with E-state index in [0.29, 0.717) is 5.56 Å². The van der Waals surface area contributed by atoms with Crippen LogP contribution in [-0.4, -0.2) is 12.1 Å². The Morgan fingerprint density at radius 3 is 2.58 bits per heavy atom. The van der Waals surface area contributed by atoms with E-state index in [2.05, 4.69) is 42.4 Å². The maximum Gasteiger partial charge on any atom is 0.271 e. The highest BCUT2D eigenvalue weighted by molar-refractivity contribution is 9.13. The molecule has 3 nitrogen and oxygen atoms in total. The SMILES string of the molecule is O=C(N/N=C\c1cc(Br)c(Br)s1)c1ccc(F)cc1. The molecule has 2 aromatic rings. The summed E-state index contributed by atoms with van der Waals surface area (Å²) in [5.41, 5.74) is 2.73. The van der Waals surface area contributed by atoms with E-state index in [0.717, 1.165) is 13.1 Å². The molecule has 2 rings (SSSR count). The van der Waals surface area contributed by atoms with Crippen molar-refractivity contribution < 1.29 is 9.18 Å². The highest BCUT2D eigenvalue weighted by atomic mass is 79.9. The molecule has 0 aliphatic rings. The van der Waals surface area contributed by atoms with Crippen molar-refractivity contribution in [3.05, 3.63) is 54.8 Å². The number of hydrazone groups is 1. The Morgan fingerprint density at radius 1 is 1.32 bits per heavy atom. The van der Waals surface area contributed by atoms with Gasteiger partial charge in [-0.15, -0.1) is 11.3 Å². The van der Waals surface area contributed by atoms with Gasteiger partial charge in [0.1, 0.15) is 5.82 Å². The summed E-state index contributed by atoms with van der Waals surface area (Å²) in [5, 5.41) is 3.85. The number of carbonyl (C=O) groups is 1. The van der Waals surface area contributed by atoms with Gasteiger partial charge in [-0.05, 0) is 62.2 Å². The molecule has 7 heteroatoms. The first kappa shape index (κ1) is 14.4. The first-order valence-corrected chi connectivity index (χ1v) is 7.50. The van der Waals surface area contributed by atoms with E-state index >= 15 is 0 Å². The van der Waals surface area contributed by atoms with Crippen LogP contribution in [0.5, 0.6) is 0 Å². The van der Waals surface area contributed by atoms with Crippen molar-refractivity contribution >= 4 is 55.3 Å². The molecule has 0 spiro atoms. The Morgan fingerprint density at radius 2 is 2.00 bits per heavy atom. The lowest BCUT2D eigenvalue weighted by molar-refractivity contribution is 0.0955.